The highest BCUT2D eigenvalue weighted by Crippen LogP contribution is 2.41. The van der Waals surface area contributed by atoms with Crippen LogP contribution in [0.4, 0.5) is 39.5 Å². The van der Waals surface area contributed by atoms with E-state index < -0.39 is 65.6 Å². The second kappa shape index (κ2) is 10.2. The van der Waals surface area contributed by atoms with Crippen LogP contribution in [0.2, 0.25) is 0 Å². The maximum absolute atomic E-state index is 13.6. The number of carboxylic acids is 1. The number of carboxylic acid groups (broad SMARTS) is 1. The molecule has 36 heavy (non-hydrogen) atoms. The van der Waals surface area contributed by atoms with Crippen molar-refractivity contribution < 1.29 is 54.2 Å². The summed E-state index contributed by atoms with van der Waals surface area (Å²) in [5.74, 6) is -2.02. The van der Waals surface area contributed by atoms with Gasteiger partial charge in [0.05, 0.1) is 11.1 Å². The number of likely N-dealkylation sites (tertiary alicyclic amines) is 1. The third-order valence-electron chi connectivity index (χ3n) is 5.90. The standard InChI is InChI=1S/C23H20F9NO3/c24-21(25,26)16-3-6-18(22(27,28)29)15(11-16)12-33-8-7-13(10-20(34)35)9-19(33)14-1-4-17(5-2-14)36-23(30,31)32/h1-6,11,13,19H,7-10,12H2,(H,34,35)/t13-,19+/m1/s1. The monoisotopic (exact) mass is 529 g/mol. The molecule has 3 rings (SSSR count). The molecule has 0 spiro atoms. The highest BCUT2D eigenvalue weighted by Gasteiger charge is 2.39. The third-order valence-corrected chi connectivity index (χ3v) is 5.90. The minimum atomic E-state index is -4.94. The highest BCUT2D eigenvalue weighted by molar-refractivity contribution is 5.67. The van der Waals surface area contributed by atoms with Crippen LogP contribution in [0, 0.1) is 5.92 Å². The zero-order valence-electron chi connectivity index (χ0n) is 18.3. The second-order valence-electron chi connectivity index (χ2n) is 8.46. The number of nitrogens with zero attached hydrogens (tertiary/aromatic N) is 1. The van der Waals surface area contributed by atoms with E-state index >= 15 is 0 Å². The molecule has 1 fully saturated rings. The number of benzene rings is 2. The maximum Gasteiger partial charge on any atom is 0.573 e. The normalized spacial score (nSPS) is 19.8. The smallest absolute Gasteiger partial charge is 0.481 e. The summed E-state index contributed by atoms with van der Waals surface area (Å²) in [6, 6.07) is 4.94. The van der Waals surface area contributed by atoms with E-state index in [1.165, 1.54) is 17.0 Å². The first kappa shape index (κ1) is 27.6. The second-order valence-corrected chi connectivity index (χ2v) is 8.46. The minimum Gasteiger partial charge on any atom is -0.481 e. The molecule has 2 aromatic carbocycles. The van der Waals surface area contributed by atoms with Crippen molar-refractivity contribution in [1.29, 1.82) is 0 Å². The van der Waals surface area contributed by atoms with Crippen LogP contribution in [0.1, 0.15) is 47.6 Å². The number of aliphatic carboxylic acids is 1. The molecule has 0 aromatic heterocycles. The lowest BCUT2D eigenvalue weighted by molar-refractivity contribution is -0.274. The quantitative estimate of drug-likeness (QED) is 0.408. The van der Waals surface area contributed by atoms with Gasteiger partial charge in [-0.25, -0.2) is 0 Å². The number of rotatable bonds is 6. The molecule has 198 valence electrons. The number of carbonyl (C=O) groups is 1. The molecule has 0 aliphatic carbocycles. The van der Waals surface area contributed by atoms with Gasteiger partial charge in [-0.05, 0) is 66.8 Å². The van der Waals surface area contributed by atoms with Gasteiger partial charge in [-0.3, -0.25) is 9.69 Å². The molecule has 1 N–H and O–H groups in total. The van der Waals surface area contributed by atoms with Crippen LogP contribution in [-0.4, -0.2) is 28.9 Å². The molecule has 1 heterocycles. The molecule has 0 radical (unpaired) electrons. The molecule has 2 atom stereocenters. The molecule has 4 nitrogen and oxygen atoms in total. The number of piperidine rings is 1. The van der Waals surface area contributed by atoms with Crippen LogP contribution in [-0.2, 0) is 23.7 Å². The Kier molecular flexibility index (Phi) is 7.82. The lowest BCUT2D eigenvalue weighted by Gasteiger charge is -2.40. The fourth-order valence-electron chi connectivity index (χ4n) is 4.34. The van der Waals surface area contributed by atoms with Gasteiger partial charge in [0.15, 0.2) is 0 Å². The number of alkyl halides is 9. The predicted octanol–water partition coefficient (Wildman–Crippen LogP) is 7.05. The first-order valence-corrected chi connectivity index (χ1v) is 10.6. The van der Waals surface area contributed by atoms with Gasteiger partial charge in [0.2, 0.25) is 0 Å². The highest BCUT2D eigenvalue weighted by atomic mass is 19.4. The summed E-state index contributed by atoms with van der Waals surface area (Å²) in [4.78, 5) is 12.7. The summed E-state index contributed by atoms with van der Waals surface area (Å²) in [5.41, 5.74) is -2.75. The summed E-state index contributed by atoms with van der Waals surface area (Å²) in [7, 11) is 0. The molecule has 0 unspecified atom stereocenters. The van der Waals surface area contributed by atoms with E-state index in [9.17, 15) is 44.3 Å². The Morgan fingerprint density at radius 1 is 0.944 bits per heavy atom. The van der Waals surface area contributed by atoms with Crippen molar-refractivity contribution in [3.8, 4) is 5.75 Å². The fraction of sp³-hybridized carbons (Fsp3) is 0.435. The Morgan fingerprint density at radius 3 is 2.11 bits per heavy atom. The van der Waals surface area contributed by atoms with E-state index in [2.05, 4.69) is 4.74 Å². The SMILES string of the molecule is O=C(O)C[C@@H]1CCN(Cc2cc(C(F)(F)F)ccc2C(F)(F)F)[C@H](c2ccc(OC(F)(F)F)cc2)C1. The molecule has 0 bridgehead atoms. The Bertz CT molecular complexity index is 1060. The summed E-state index contributed by atoms with van der Waals surface area (Å²) in [6.07, 6.45) is -14.6. The summed E-state index contributed by atoms with van der Waals surface area (Å²) >= 11 is 0. The van der Waals surface area contributed by atoms with Gasteiger partial charge in [0.1, 0.15) is 5.75 Å². The van der Waals surface area contributed by atoms with Gasteiger partial charge in [-0.2, -0.15) is 26.3 Å². The van der Waals surface area contributed by atoms with Crippen LogP contribution in [0.15, 0.2) is 42.5 Å². The average Bonchev–Trinajstić information content (AvgIpc) is 2.72. The van der Waals surface area contributed by atoms with Crippen molar-refractivity contribution in [2.75, 3.05) is 6.54 Å². The summed E-state index contributed by atoms with van der Waals surface area (Å²) < 4.78 is 122. The zero-order chi connectivity index (χ0) is 26.9. The Morgan fingerprint density at radius 2 is 1.58 bits per heavy atom. The van der Waals surface area contributed by atoms with Crippen LogP contribution in [0.5, 0.6) is 5.75 Å². The van der Waals surface area contributed by atoms with E-state index in [1.807, 2.05) is 0 Å². The fourth-order valence-corrected chi connectivity index (χ4v) is 4.34. The van der Waals surface area contributed by atoms with Crippen molar-refractivity contribution in [2.45, 2.75) is 50.6 Å². The molecule has 1 aliphatic rings. The van der Waals surface area contributed by atoms with E-state index in [0.717, 1.165) is 12.1 Å². The topological polar surface area (TPSA) is 49.8 Å². The Hall–Kier alpha value is -2.96. The van der Waals surface area contributed by atoms with Crippen molar-refractivity contribution in [1.82, 2.24) is 4.90 Å². The molecule has 0 amide bonds. The Labute approximate surface area is 199 Å². The zero-order valence-corrected chi connectivity index (χ0v) is 18.3. The van der Waals surface area contributed by atoms with Gasteiger partial charge < -0.3 is 9.84 Å². The lowest BCUT2D eigenvalue weighted by atomic mass is 9.84. The van der Waals surface area contributed by atoms with Gasteiger partial charge in [0, 0.05) is 19.0 Å². The number of ether oxygens (including phenoxy) is 1. The van der Waals surface area contributed by atoms with Gasteiger partial charge in [0.25, 0.3) is 0 Å². The van der Waals surface area contributed by atoms with Gasteiger partial charge in [-0.1, -0.05) is 12.1 Å². The summed E-state index contributed by atoms with van der Waals surface area (Å²) in [6.45, 7) is -0.471. The first-order chi connectivity index (χ1) is 16.5. The Balaban J connectivity index is 1.96. The molecular formula is C23H20F9NO3. The van der Waals surface area contributed by atoms with Crippen LogP contribution < -0.4 is 4.74 Å². The van der Waals surface area contributed by atoms with E-state index in [0.29, 0.717) is 23.8 Å². The largest absolute Gasteiger partial charge is 0.573 e. The lowest BCUT2D eigenvalue weighted by Crippen LogP contribution is -2.37. The molecule has 0 saturated carbocycles. The van der Waals surface area contributed by atoms with Crippen molar-refractivity contribution in [2.24, 2.45) is 5.92 Å². The molecule has 1 saturated heterocycles. The third kappa shape index (κ3) is 7.28. The first-order valence-electron chi connectivity index (χ1n) is 10.6. The molecule has 13 heteroatoms. The summed E-state index contributed by atoms with van der Waals surface area (Å²) in [5, 5.41) is 9.13. The molecule has 2 aromatic rings. The van der Waals surface area contributed by atoms with Crippen molar-refractivity contribution >= 4 is 5.97 Å². The molecule has 1 aliphatic heterocycles. The van der Waals surface area contributed by atoms with Crippen LogP contribution >= 0.6 is 0 Å². The minimum absolute atomic E-state index is 0.0664. The van der Waals surface area contributed by atoms with Crippen LogP contribution in [0.3, 0.4) is 0 Å². The maximum atomic E-state index is 13.6. The molecular weight excluding hydrogens is 509 g/mol. The van der Waals surface area contributed by atoms with E-state index in [-0.39, 0.29) is 25.8 Å². The van der Waals surface area contributed by atoms with Crippen LogP contribution in [0.25, 0.3) is 0 Å². The van der Waals surface area contributed by atoms with Crippen molar-refractivity contribution in [3.05, 3.63) is 64.7 Å². The average molecular weight is 529 g/mol. The van der Waals surface area contributed by atoms with Crippen molar-refractivity contribution in [3.63, 3.8) is 0 Å². The van der Waals surface area contributed by atoms with E-state index in [4.69, 9.17) is 5.11 Å². The number of hydrogen-bond acceptors (Lipinski definition) is 3. The van der Waals surface area contributed by atoms with Gasteiger partial charge >= 0.3 is 24.7 Å². The van der Waals surface area contributed by atoms with E-state index in [1.54, 1.807) is 0 Å². The number of halogens is 9. The van der Waals surface area contributed by atoms with Gasteiger partial charge in [-0.15, -0.1) is 13.2 Å². The predicted molar refractivity (Wildman–Crippen MR) is 108 cm³/mol. The number of hydrogen-bond donors (Lipinski definition) is 1.